The fourth-order valence-electron chi connectivity index (χ4n) is 6.79. The molecule has 0 spiro atoms. The molecule has 244 valence electrons. The zero-order valence-corrected chi connectivity index (χ0v) is 27.4. The van der Waals surface area contributed by atoms with Crippen molar-refractivity contribution in [1.82, 2.24) is 0 Å². The summed E-state index contributed by atoms with van der Waals surface area (Å²) < 4.78 is 46.5. The lowest BCUT2D eigenvalue weighted by Gasteiger charge is -2.51. The first-order chi connectivity index (χ1) is 21.7. The molecule has 4 bridgehead atoms. The molecule has 11 nitrogen and oxygen atoms in total. The third-order valence-electron chi connectivity index (χ3n) is 8.41. The van der Waals surface area contributed by atoms with Crippen molar-refractivity contribution in [2.45, 2.75) is 70.1 Å². The number of hydrogen-bond acceptors (Lipinski definition) is 11. The number of halogens is 1. The average Bonchev–Trinajstić information content (AvgIpc) is 3.00. The van der Waals surface area contributed by atoms with E-state index in [4.69, 9.17) is 49.9 Å². The van der Waals surface area contributed by atoms with E-state index >= 15 is 0 Å². The number of carbonyl (C=O) groups is 2. The van der Waals surface area contributed by atoms with Crippen LogP contribution in [0, 0.1) is 46.3 Å². The van der Waals surface area contributed by atoms with Gasteiger partial charge in [-0.3, -0.25) is 9.05 Å². The van der Waals surface area contributed by atoms with Crippen LogP contribution < -0.4 is 4.52 Å². The van der Waals surface area contributed by atoms with E-state index < -0.39 is 24.6 Å². The van der Waals surface area contributed by atoms with Crippen LogP contribution in [0.4, 0.5) is 0 Å². The van der Waals surface area contributed by atoms with Gasteiger partial charge in [-0.1, -0.05) is 23.7 Å². The topological polar surface area (TPSA) is 154 Å². The summed E-state index contributed by atoms with van der Waals surface area (Å²) in [6.07, 6.45) is 5.33. The standard InChI is InChI=1S/C32H40ClN2O9P/c1-3-39-30(36)32(33,31(37)40-4-2)10-15-41-29(28-25-17-22-16-23(19-25)20-26(28)18-22)24-8-5-9-27(21-24)44-45(38,42-13-6-11-34)43-14-7-12-35/h5,8-9,21-23,25-26H,3-4,6-7,10,13-20H2,1-2H3. The minimum Gasteiger partial charge on any atom is -0.493 e. The molecule has 1 aromatic rings. The number of benzene rings is 1. The minimum atomic E-state index is -4.16. The molecule has 0 amide bonds. The molecule has 0 heterocycles. The summed E-state index contributed by atoms with van der Waals surface area (Å²) in [4.78, 5) is 23.5. The Morgan fingerprint density at radius 2 is 1.44 bits per heavy atom. The number of phosphoric acid groups is 1. The van der Waals surface area contributed by atoms with Gasteiger partial charge in [0, 0.05) is 12.0 Å². The molecule has 0 radical (unpaired) electrons. The molecular weight excluding hydrogens is 623 g/mol. The maximum absolute atomic E-state index is 13.4. The van der Waals surface area contributed by atoms with Crippen molar-refractivity contribution in [1.29, 1.82) is 10.5 Å². The summed E-state index contributed by atoms with van der Waals surface area (Å²) >= 11 is 6.57. The average molecular weight is 663 g/mol. The Morgan fingerprint density at radius 3 is 1.96 bits per heavy atom. The van der Waals surface area contributed by atoms with Gasteiger partial charge in [-0.2, -0.15) is 10.5 Å². The second kappa shape index (κ2) is 16.0. The van der Waals surface area contributed by atoms with Crippen LogP contribution in [0.25, 0.3) is 5.76 Å². The van der Waals surface area contributed by atoms with Crippen molar-refractivity contribution in [2.75, 3.05) is 33.0 Å². The third-order valence-corrected chi connectivity index (χ3v) is 10.3. The molecule has 1 aromatic carbocycles. The van der Waals surface area contributed by atoms with Crippen molar-refractivity contribution >= 4 is 37.1 Å². The van der Waals surface area contributed by atoms with E-state index in [1.54, 1.807) is 32.0 Å². The molecule has 4 aliphatic carbocycles. The highest BCUT2D eigenvalue weighted by Crippen LogP contribution is 2.58. The zero-order valence-electron chi connectivity index (χ0n) is 25.7. The predicted octanol–water partition coefficient (Wildman–Crippen LogP) is 6.71. The molecule has 4 fully saturated rings. The highest BCUT2D eigenvalue weighted by Gasteiger charge is 2.49. The summed E-state index contributed by atoms with van der Waals surface area (Å²) in [6.45, 7) is 2.92. The van der Waals surface area contributed by atoms with Crippen LogP contribution in [0.2, 0.25) is 0 Å². The molecule has 0 aromatic heterocycles. The largest absolute Gasteiger partial charge is 0.530 e. The lowest BCUT2D eigenvalue weighted by atomic mass is 9.54. The second-order valence-corrected chi connectivity index (χ2v) is 13.7. The van der Waals surface area contributed by atoms with E-state index in [0.717, 1.165) is 25.7 Å². The Balaban J connectivity index is 1.64. The summed E-state index contributed by atoms with van der Waals surface area (Å²) in [7, 11) is -4.16. The molecule has 0 unspecified atom stereocenters. The summed E-state index contributed by atoms with van der Waals surface area (Å²) in [6, 6.07) is 10.7. The number of allylic oxidation sites excluding steroid dienone is 1. The van der Waals surface area contributed by atoms with E-state index in [-0.39, 0.29) is 58.0 Å². The van der Waals surface area contributed by atoms with E-state index in [2.05, 4.69) is 0 Å². The number of hydrogen-bond donors (Lipinski definition) is 0. The summed E-state index contributed by atoms with van der Waals surface area (Å²) in [5, 5.41) is 17.8. The lowest BCUT2D eigenvalue weighted by Crippen LogP contribution is -2.45. The Bertz CT molecular complexity index is 1310. The second-order valence-electron chi connectivity index (χ2n) is 11.5. The molecule has 13 heteroatoms. The molecule has 4 saturated carbocycles. The van der Waals surface area contributed by atoms with Gasteiger partial charge in [0.15, 0.2) is 0 Å². The van der Waals surface area contributed by atoms with Crippen molar-refractivity contribution in [2.24, 2.45) is 23.7 Å². The number of alkyl halides is 1. The van der Waals surface area contributed by atoms with E-state index in [9.17, 15) is 14.2 Å². The van der Waals surface area contributed by atoms with Crippen molar-refractivity contribution in [3.05, 3.63) is 35.4 Å². The molecule has 0 N–H and O–H groups in total. The molecule has 0 saturated heterocycles. The molecule has 4 aliphatic rings. The number of carbonyl (C=O) groups excluding carboxylic acids is 2. The number of ether oxygens (including phenoxy) is 3. The van der Waals surface area contributed by atoms with Gasteiger partial charge >= 0.3 is 19.8 Å². The quantitative estimate of drug-likeness (QED) is 0.0436. The number of nitrogens with zero attached hydrogens (tertiary/aromatic N) is 2. The zero-order chi connectivity index (χ0) is 32.5. The molecule has 0 atom stereocenters. The number of phosphoric ester groups is 1. The van der Waals surface area contributed by atoms with Crippen molar-refractivity contribution in [3.8, 4) is 17.9 Å². The maximum Gasteiger partial charge on any atom is 0.530 e. The maximum atomic E-state index is 13.4. The van der Waals surface area contributed by atoms with Gasteiger partial charge in [0.1, 0.15) is 11.5 Å². The van der Waals surface area contributed by atoms with Crippen LogP contribution in [0.3, 0.4) is 0 Å². The van der Waals surface area contributed by atoms with E-state index in [0.29, 0.717) is 35.0 Å². The Labute approximate surface area is 269 Å². The van der Waals surface area contributed by atoms with Gasteiger partial charge in [-0.15, -0.1) is 0 Å². The van der Waals surface area contributed by atoms with Crippen LogP contribution in [-0.2, 0) is 37.4 Å². The first kappa shape index (κ1) is 34.8. The smallest absolute Gasteiger partial charge is 0.493 e. The van der Waals surface area contributed by atoms with Gasteiger partial charge < -0.3 is 18.7 Å². The van der Waals surface area contributed by atoms with Gasteiger partial charge in [-0.25, -0.2) is 14.2 Å². The number of esters is 2. The summed E-state index contributed by atoms with van der Waals surface area (Å²) in [5.74, 6) is 1.08. The fraction of sp³-hybridized carbons (Fsp3) is 0.625. The SMILES string of the molecule is CCOC(=O)C(Cl)(CCOC(=C1C2CC3CC(C2)CC1C3)c1cccc(OP(=O)(OCCC#N)OCCC#N)c1)C(=O)OCC. The third kappa shape index (κ3) is 8.60. The Morgan fingerprint density at radius 1 is 0.889 bits per heavy atom. The predicted molar refractivity (Wildman–Crippen MR) is 163 cm³/mol. The Hall–Kier alpha value is -3.08. The van der Waals surface area contributed by atoms with Crippen LogP contribution in [-0.4, -0.2) is 49.8 Å². The highest BCUT2D eigenvalue weighted by molar-refractivity contribution is 7.48. The first-order valence-electron chi connectivity index (χ1n) is 15.5. The highest BCUT2D eigenvalue weighted by atomic mass is 35.5. The minimum absolute atomic E-state index is 0.0243. The first-order valence-corrected chi connectivity index (χ1v) is 17.3. The van der Waals surface area contributed by atoms with Crippen molar-refractivity contribution in [3.63, 3.8) is 0 Å². The van der Waals surface area contributed by atoms with Crippen LogP contribution in [0.1, 0.15) is 70.8 Å². The molecule has 5 rings (SSSR count). The van der Waals surface area contributed by atoms with Gasteiger partial charge in [0.25, 0.3) is 0 Å². The lowest BCUT2D eigenvalue weighted by molar-refractivity contribution is -0.159. The summed E-state index contributed by atoms with van der Waals surface area (Å²) in [5.41, 5.74) is 1.86. The number of rotatable bonds is 17. The van der Waals surface area contributed by atoms with Gasteiger partial charge in [0.2, 0.25) is 4.87 Å². The van der Waals surface area contributed by atoms with Crippen molar-refractivity contribution < 1.29 is 41.9 Å². The Kier molecular flexibility index (Phi) is 12.3. The molecule has 0 aliphatic heterocycles. The molecular formula is C32H40ClN2O9P. The van der Waals surface area contributed by atoms with E-state index in [1.165, 1.54) is 12.0 Å². The van der Waals surface area contributed by atoms with Gasteiger partial charge in [0.05, 0.1) is 58.0 Å². The van der Waals surface area contributed by atoms with Crippen LogP contribution in [0.15, 0.2) is 29.8 Å². The monoisotopic (exact) mass is 662 g/mol. The number of nitriles is 2. The normalized spacial score (nSPS) is 21.8. The van der Waals surface area contributed by atoms with Crippen LogP contribution in [0.5, 0.6) is 5.75 Å². The fourth-order valence-corrected chi connectivity index (χ4v) is 8.16. The van der Waals surface area contributed by atoms with Gasteiger partial charge in [-0.05, 0) is 87.3 Å². The van der Waals surface area contributed by atoms with E-state index in [1.807, 2.05) is 18.2 Å². The molecule has 45 heavy (non-hydrogen) atoms. The van der Waals surface area contributed by atoms with Crippen LogP contribution >= 0.6 is 19.4 Å².